The average Bonchev–Trinajstić information content (AvgIpc) is 2.95. The van der Waals surface area contributed by atoms with Crippen molar-refractivity contribution in [3.05, 3.63) is 59.7 Å². The Morgan fingerprint density at radius 2 is 1.84 bits per heavy atom. The van der Waals surface area contributed by atoms with E-state index in [2.05, 4.69) is 11.5 Å². The molecule has 0 bridgehead atoms. The van der Waals surface area contributed by atoms with Gasteiger partial charge in [-0.25, -0.2) is 0 Å². The molecule has 2 aliphatic heterocycles. The maximum atomic E-state index is 11.7. The Labute approximate surface area is 147 Å². The number of benzene rings is 2. The fourth-order valence-electron chi connectivity index (χ4n) is 3.62. The molecule has 5 nitrogen and oxygen atoms in total. The van der Waals surface area contributed by atoms with Crippen LogP contribution in [0.3, 0.4) is 0 Å². The smallest absolute Gasteiger partial charge is 0.281 e. The molecule has 0 aliphatic carbocycles. The first-order valence-electron chi connectivity index (χ1n) is 8.54. The minimum absolute atomic E-state index is 0.500. The number of rotatable bonds is 3. The maximum absolute atomic E-state index is 11.7. The quantitative estimate of drug-likeness (QED) is 0.870. The van der Waals surface area contributed by atoms with Crippen LogP contribution in [0.2, 0.25) is 0 Å². The van der Waals surface area contributed by atoms with Crippen molar-refractivity contribution in [1.29, 1.82) is 0 Å². The first-order valence-corrected chi connectivity index (χ1v) is 8.54. The molecule has 0 aromatic heterocycles. The van der Waals surface area contributed by atoms with E-state index in [9.17, 15) is 5.11 Å². The van der Waals surface area contributed by atoms with Gasteiger partial charge in [-0.3, -0.25) is 4.58 Å². The highest BCUT2D eigenvalue weighted by Crippen LogP contribution is 2.37. The number of ether oxygens (including phenoxy) is 2. The Kier molecular flexibility index (Phi) is 3.98. The van der Waals surface area contributed by atoms with E-state index in [1.54, 1.807) is 7.11 Å². The third-order valence-corrected chi connectivity index (χ3v) is 4.99. The van der Waals surface area contributed by atoms with E-state index < -0.39 is 5.72 Å². The van der Waals surface area contributed by atoms with Crippen LogP contribution in [0.25, 0.3) is 0 Å². The zero-order chi connectivity index (χ0) is 17.4. The predicted molar refractivity (Wildman–Crippen MR) is 96.4 cm³/mol. The maximum Gasteiger partial charge on any atom is 0.281 e. The number of hydrogen-bond acceptors (Lipinski definition) is 4. The van der Waals surface area contributed by atoms with Crippen LogP contribution < -0.4 is 9.64 Å². The largest absolute Gasteiger partial charge is 0.497 e. The van der Waals surface area contributed by atoms with Crippen molar-refractivity contribution in [3.63, 3.8) is 0 Å². The van der Waals surface area contributed by atoms with Gasteiger partial charge in [0.1, 0.15) is 24.6 Å². The average molecular weight is 339 g/mol. The van der Waals surface area contributed by atoms with E-state index in [4.69, 9.17) is 9.47 Å². The van der Waals surface area contributed by atoms with Gasteiger partial charge in [0.2, 0.25) is 0 Å². The lowest BCUT2D eigenvalue weighted by Crippen LogP contribution is -2.48. The molecule has 1 atom stereocenters. The molecule has 0 unspecified atom stereocenters. The monoisotopic (exact) mass is 339 g/mol. The standard InChI is InChI=1S/C20H23N2O3/c1-15-3-5-16(6-4-15)20(23)14-21-11-12-25-13-19(21)22(20)17-7-9-18(24-2)10-8-17/h3-10,23H,11-14H2,1-2H3/q+1/t20-/m1/s1. The summed E-state index contributed by atoms with van der Waals surface area (Å²) in [5, 5.41) is 11.7. The molecule has 130 valence electrons. The molecular weight excluding hydrogens is 316 g/mol. The minimum atomic E-state index is -1.12. The third-order valence-electron chi connectivity index (χ3n) is 4.99. The zero-order valence-corrected chi connectivity index (χ0v) is 14.6. The number of aliphatic hydroxyl groups is 1. The van der Waals surface area contributed by atoms with Crippen LogP contribution in [-0.2, 0) is 10.5 Å². The van der Waals surface area contributed by atoms with Crippen LogP contribution in [0.5, 0.6) is 5.75 Å². The summed E-state index contributed by atoms with van der Waals surface area (Å²) in [5.41, 5.74) is 1.86. The van der Waals surface area contributed by atoms with E-state index in [1.165, 1.54) is 5.56 Å². The molecule has 2 heterocycles. The number of hydrogen-bond donors (Lipinski definition) is 1. The van der Waals surface area contributed by atoms with Gasteiger partial charge < -0.3 is 14.6 Å². The van der Waals surface area contributed by atoms with E-state index in [1.807, 2.05) is 53.4 Å². The van der Waals surface area contributed by atoms with Gasteiger partial charge in [-0.2, -0.15) is 4.90 Å². The molecule has 0 spiro atoms. The topological polar surface area (TPSA) is 44.9 Å². The van der Waals surface area contributed by atoms with Crippen LogP contribution in [0, 0.1) is 6.92 Å². The summed E-state index contributed by atoms with van der Waals surface area (Å²) in [6, 6.07) is 15.9. The van der Waals surface area contributed by atoms with Crippen molar-refractivity contribution in [2.45, 2.75) is 12.6 Å². The van der Waals surface area contributed by atoms with Crippen molar-refractivity contribution >= 4 is 11.5 Å². The van der Waals surface area contributed by atoms with Gasteiger partial charge in [0, 0.05) is 5.56 Å². The van der Waals surface area contributed by atoms with Crippen molar-refractivity contribution in [3.8, 4) is 5.75 Å². The molecule has 4 rings (SSSR count). The first-order chi connectivity index (χ1) is 12.1. The van der Waals surface area contributed by atoms with Gasteiger partial charge in [0.05, 0.1) is 13.7 Å². The summed E-state index contributed by atoms with van der Waals surface area (Å²) in [6.07, 6.45) is 0. The highest BCUT2D eigenvalue weighted by atomic mass is 16.5. The summed E-state index contributed by atoms with van der Waals surface area (Å²) >= 11 is 0. The number of aryl methyl sites for hydroxylation is 1. The lowest BCUT2D eigenvalue weighted by Gasteiger charge is -2.29. The van der Waals surface area contributed by atoms with Crippen LogP contribution in [0.4, 0.5) is 5.69 Å². The minimum Gasteiger partial charge on any atom is -0.497 e. The molecule has 0 fully saturated rings. The highest BCUT2D eigenvalue weighted by molar-refractivity contribution is 5.98. The van der Waals surface area contributed by atoms with E-state index in [0.29, 0.717) is 19.8 Å². The zero-order valence-electron chi connectivity index (χ0n) is 14.6. The summed E-state index contributed by atoms with van der Waals surface area (Å²) in [6.45, 7) is 4.55. The van der Waals surface area contributed by atoms with Gasteiger partial charge in [0.25, 0.3) is 11.6 Å². The van der Waals surface area contributed by atoms with Crippen LogP contribution in [-0.4, -0.2) is 48.9 Å². The first kappa shape index (κ1) is 16.1. The second-order valence-corrected chi connectivity index (χ2v) is 6.61. The lowest BCUT2D eigenvalue weighted by molar-refractivity contribution is -0.543. The molecule has 2 aromatic rings. The van der Waals surface area contributed by atoms with Crippen molar-refractivity contribution in [2.75, 3.05) is 38.3 Å². The SMILES string of the molecule is COc1ccc(N2C3=[N+](CCOC3)C[C@@]2(O)c2ccc(C)cc2)cc1. The number of methoxy groups -OCH3 is 1. The lowest BCUT2D eigenvalue weighted by atomic mass is 9.99. The summed E-state index contributed by atoms with van der Waals surface area (Å²) in [5.74, 6) is 1.79. The van der Waals surface area contributed by atoms with Crippen molar-refractivity contribution in [2.24, 2.45) is 0 Å². The fourth-order valence-corrected chi connectivity index (χ4v) is 3.62. The van der Waals surface area contributed by atoms with Gasteiger partial charge >= 0.3 is 0 Å². The number of nitrogens with zero attached hydrogens (tertiary/aromatic N) is 2. The number of anilines is 1. The Morgan fingerprint density at radius 3 is 2.52 bits per heavy atom. The molecule has 0 saturated heterocycles. The Hall–Kier alpha value is -2.37. The Bertz CT molecular complexity index is 799. The van der Waals surface area contributed by atoms with E-state index >= 15 is 0 Å². The van der Waals surface area contributed by atoms with Crippen molar-refractivity contribution in [1.82, 2.24) is 0 Å². The molecule has 2 aromatic carbocycles. The molecule has 2 aliphatic rings. The van der Waals surface area contributed by atoms with E-state index in [-0.39, 0.29) is 0 Å². The second kappa shape index (κ2) is 6.17. The number of amidine groups is 1. The summed E-state index contributed by atoms with van der Waals surface area (Å²) < 4.78 is 13.2. The summed E-state index contributed by atoms with van der Waals surface area (Å²) in [7, 11) is 1.65. The fraction of sp³-hybridized carbons (Fsp3) is 0.350. The van der Waals surface area contributed by atoms with Crippen LogP contribution >= 0.6 is 0 Å². The van der Waals surface area contributed by atoms with Gasteiger partial charge in [0.15, 0.2) is 6.54 Å². The molecule has 1 N–H and O–H groups in total. The molecule has 25 heavy (non-hydrogen) atoms. The molecule has 0 saturated carbocycles. The van der Waals surface area contributed by atoms with Crippen LogP contribution in [0.1, 0.15) is 11.1 Å². The molecule has 0 amide bonds. The van der Waals surface area contributed by atoms with Crippen molar-refractivity contribution < 1.29 is 19.2 Å². The van der Waals surface area contributed by atoms with Crippen LogP contribution in [0.15, 0.2) is 48.5 Å². The Balaban J connectivity index is 1.81. The third kappa shape index (κ3) is 2.69. The second-order valence-electron chi connectivity index (χ2n) is 6.61. The van der Waals surface area contributed by atoms with Gasteiger partial charge in [-0.1, -0.05) is 29.8 Å². The summed E-state index contributed by atoms with van der Waals surface area (Å²) in [4.78, 5) is 2.00. The highest BCUT2D eigenvalue weighted by Gasteiger charge is 2.54. The van der Waals surface area contributed by atoms with Gasteiger partial charge in [-0.05, 0) is 31.2 Å². The Morgan fingerprint density at radius 1 is 1.12 bits per heavy atom. The molecule has 0 radical (unpaired) electrons. The molecule has 5 heteroatoms. The predicted octanol–water partition coefficient (Wildman–Crippen LogP) is 2.11. The van der Waals surface area contributed by atoms with E-state index in [0.717, 1.165) is 29.4 Å². The normalized spacial score (nSPS) is 22.9. The van der Waals surface area contributed by atoms with Gasteiger partial charge in [-0.15, -0.1) is 0 Å². The molecular formula is C20H23N2O3+.